The van der Waals surface area contributed by atoms with E-state index in [0.29, 0.717) is 0 Å². The third-order valence-corrected chi connectivity index (χ3v) is 5.22. The molecule has 0 bridgehead atoms. The zero-order valence-corrected chi connectivity index (χ0v) is 16.5. The molecule has 3 heterocycles. The highest BCUT2D eigenvalue weighted by atomic mass is 15.3. The fourth-order valence-electron chi connectivity index (χ4n) is 3.62. The van der Waals surface area contributed by atoms with Crippen LogP contribution in [0.1, 0.15) is 18.1 Å². The second-order valence-electron chi connectivity index (χ2n) is 7.01. The van der Waals surface area contributed by atoms with Crippen LogP contribution in [0.2, 0.25) is 0 Å². The Morgan fingerprint density at radius 1 is 0.893 bits per heavy atom. The molecular weight excluding hydrogens is 348 g/mol. The molecule has 1 fully saturated rings. The average molecular weight is 374 g/mol. The highest BCUT2D eigenvalue weighted by molar-refractivity contribution is 5.66. The first-order valence-corrected chi connectivity index (χ1v) is 9.83. The molecule has 1 saturated heterocycles. The van der Waals surface area contributed by atoms with Crippen LogP contribution in [0.5, 0.6) is 0 Å². The number of benzene rings is 1. The minimum atomic E-state index is 0.834. The summed E-state index contributed by atoms with van der Waals surface area (Å²) in [6.45, 7) is 7.99. The van der Waals surface area contributed by atoms with Crippen molar-refractivity contribution in [2.24, 2.45) is 0 Å². The van der Waals surface area contributed by atoms with Gasteiger partial charge in [-0.25, -0.2) is 15.0 Å². The van der Waals surface area contributed by atoms with Crippen molar-refractivity contribution in [3.8, 4) is 0 Å². The molecule has 28 heavy (non-hydrogen) atoms. The van der Waals surface area contributed by atoms with Crippen molar-refractivity contribution in [1.29, 1.82) is 0 Å². The lowest BCUT2D eigenvalue weighted by molar-refractivity contribution is 0.641. The predicted octanol–water partition coefficient (Wildman–Crippen LogP) is 3.81. The number of hydrogen-bond acceptors (Lipinski definition) is 6. The Kier molecular flexibility index (Phi) is 5.37. The zero-order valence-electron chi connectivity index (χ0n) is 16.5. The molecule has 2 aromatic heterocycles. The van der Waals surface area contributed by atoms with Crippen LogP contribution < -0.4 is 15.1 Å². The summed E-state index contributed by atoms with van der Waals surface area (Å²) >= 11 is 0. The van der Waals surface area contributed by atoms with Crippen LogP contribution in [-0.2, 0) is 6.42 Å². The van der Waals surface area contributed by atoms with Gasteiger partial charge in [-0.15, -0.1) is 0 Å². The van der Waals surface area contributed by atoms with Gasteiger partial charge in [0.25, 0.3) is 0 Å². The fourth-order valence-corrected chi connectivity index (χ4v) is 3.62. The first-order chi connectivity index (χ1) is 13.7. The molecular formula is C22H26N6. The average Bonchev–Trinajstić information content (AvgIpc) is 2.76. The smallest absolute Gasteiger partial charge is 0.135 e. The Bertz CT molecular complexity index is 919. The minimum Gasteiger partial charge on any atom is -0.353 e. The molecule has 0 amide bonds. The molecule has 6 nitrogen and oxygen atoms in total. The van der Waals surface area contributed by atoms with Crippen LogP contribution in [0.3, 0.4) is 0 Å². The van der Waals surface area contributed by atoms with Crippen LogP contribution >= 0.6 is 0 Å². The van der Waals surface area contributed by atoms with Gasteiger partial charge in [0.15, 0.2) is 0 Å². The van der Waals surface area contributed by atoms with E-state index in [1.54, 1.807) is 6.33 Å². The maximum Gasteiger partial charge on any atom is 0.135 e. The van der Waals surface area contributed by atoms with Gasteiger partial charge < -0.3 is 15.1 Å². The number of pyridine rings is 1. The Balaban J connectivity index is 1.46. The molecule has 4 rings (SSSR count). The second-order valence-corrected chi connectivity index (χ2v) is 7.01. The lowest BCUT2D eigenvalue weighted by atomic mass is 10.1. The standard InChI is InChI=1S/C22H26N6/c1-3-18-8-6-7-17(2)22(18)26-19-15-21(25-16-24-19)28-13-11-27(12-14-28)20-9-4-5-10-23-20/h4-10,15-16H,3,11-14H2,1-2H3,(H,24,25,26). The van der Waals surface area contributed by atoms with Crippen LogP contribution in [0, 0.1) is 6.92 Å². The number of para-hydroxylation sites is 1. The zero-order chi connectivity index (χ0) is 19.3. The third kappa shape index (κ3) is 3.91. The van der Waals surface area contributed by atoms with Gasteiger partial charge in [-0.1, -0.05) is 31.2 Å². The van der Waals surface area contributed by atoms with E-state index in [9.17, 15) is 0 Å². The van der Waals surface area contributed by atoms with Gasteiger partial charge in [-0.3, -0.25) is 0 Å². The van der Waals surface area contributed by atoms with E-state index < -0.39 is 0 Å². The number of nitrogens with one attached hydrogen (secondary N) is 1. The molecule has 0 aliphatic carbocycles. The Labute approximate surface area is 166 Å². The molecule has 0 radical (unpaired) electrons. The molecule has 1 aromatic carbocycles. The van der Waals surface area contributed by atoms with Gasteiger partial charge in [0.2, 0.25) is 0 Å². The summed E-state index contributed by atoms with van der Waals surface area (Å²) in [6, 6.07) is 14.5. The molecule has 1 aliphatic rings. The summed E-state index contributed by atoms with van der Waals surface area (Å²) in [5.41, 5.74) is 3.67. The molecule has 1 N–H and O–H groups in total. The maximum atomic E-state index is 4.51. The van der Waals surface area contributed by atoms with Crippen molar-refractivity contribution in [3.63, 3.8) is 0 Å². The van der Waals surface area contributed by atoms with Crippen LogP contribution in [0.25, 0.3) is 0 Å². The first kappa shape index (κ1) is 18.2. The van der Waals surface area contributed by atoms with Gasteiger partial charge in [0, 0.05) is 44.1 Å². The van der Waals surface area contributed by atoms with E-state index in [2.05, 4.69) is 68.2 Å². The van der Waals surface area contributed by atoms with E-state index in [1.807, 2.05) is 24.4 Å². The Hall–Kier alpha value is -3.15. The Morgan fingerprint density at radius 3 is 2.39 bits per heavy atom. The fraction of sp³-hybridized carbons (Fsp3) is 0.318. The largest absolute Gasteiger partial charge is 0.353 e. The number of hydrogen-bond donors (Lipinski definition) is 1. The van der Waals surface area contributed by atoms with E-state index in [4.69, 9.17) is 0 Å². The van der Waals surface area contributed by atoms with Crippen LogP contribution in [-0.4, -0.2) is 41.1 Å². The normalized spacial score (nSPS) is 14.2. The van der Waals surface area contributed by atoms with Crippen molar-refractivity contribution >= 4 is 23.1 Å². The van der Waals surface area contributed by atoms with Crippen molar-refractivity contribution in [2.45, 2.75) is 20.3 Å². The lowest BCUT2D eigenvalue weighted by Crippen LogP contribution is -2.47. The number of anilines is 4. The Morgan fingerprint density at radius 2 is 1.68 bits per heavy atom. The van der Waals surface area contributed by atoms with Crippen molar-refractivity contribution in [3.05, 3.63) is 66.1 Å². The van der Waals surface area contributed by atoms with Crippen molar-refractivity contribution in [2.75, 3.05) is 41.3 Å². The highest BCUT2D eigenvalue weighted by Gasteiger charge is 2.19. The second kappa shape index (κ2) is 8.25. The van der Waals surface area contributed by atoms with Crippen molar-refractivity contribution < 1.29 is 0 Å². The summed E-state index contributed by atoms with van der Waals surface area (Å²) < 4.78 is 0. The van der Waals surface area contributed by atoms with Gasteiger partial charge in [0.05, 0.1) is 0 Å². The summed E-state index contributed by atoms with van der Waals surface area (Å²) in [4.78, 5) is 18.0. The van der Waals surface area contributed by atoms with Crippen LogP contribution in [0.4, 0.5) is 23.1 Å². The van der Waals surface area contributed by atoms with E-state index in [1.165, 1.54) is 11.1 Å². The quantitative estimate of drug-likeness (QED) is 0.733. The molecule has 0 unspecified atom stereocenters. The molecule has 144 valence electrons. The summed E-state index contributed by atoms with van der Waals surface area (Å²) in [7, 11) is 0. The topological polar surface area (TPSA) is 57.2 Å². The van der Waals surface area contributed by atoms with Crippen LogP contribution in [0.15, 0.2) is 55.0 Å². The molecule has 0 saturated carbocycles. The van der Waals surface area contributed by atoms with Gasteiger partial charge in [-0.05, 0) is 36.6 Å². The van der Waals surface area contributed by atoms with Gasteiger partial charge in [-0.2, -0.15) is 0 Å². The molecule has 0 atom stereocenters. The van der Waals surface area contributed by atoms with Crippen molar-refractivity contribution in [1.82, 2.24) is 15.0 Å². The first-order valence-electron chi connectivity index (χ1n) is 9.83. The maximum absolute atomic E-state index is 4.51. The lowest BCUT2D eigenvalue weighted by Gasteiger charge is -2.36. The van der Waals surface area contributed by atoms with Gasteiger partial charge >= 0.3 is 0 Å². The van der Waals surface area contributed by atoms with E-state index >= 15 is 0 Å². The van der Waals surface area contributed by atoms with E-state index in [0.717, 1.165) is 55.7 Å². The summed E-state index contributed by atoms with van der Waals surface area (Å²) in [5, 5.41) is 3.51. The molecule has 3 aromatic rings. The predicted molar refractivity (Wildman–Crippen MR) is 115 cm³/mol. The van der Waals surface area contributed by atoms with E-state index in [-0.39, 0.29) is 0 Å². The number of piperazine rings is 1. The summed E-state index contributed by atoms with van der Waals surface area (Å²) in [5.74, 6) is 2.84. The number of aryl methyl sites for hydroxylation is 2. The molecule has 1 aliphatic heterocycles. The molecule has 6 heteroatoms. The monoisotopic (exact) mass is 374 g/mol. The minimum absolute atomic E-state index is 0.834. The van der Waals surface area contributed by atoms with Gasteiger partial charge in [0.1, 0.15) is 23.8 Å². The summed E-state index contributed by atoms with van der Waals surface area (Å²) in [6.07, 6.45) is 4.48. The SMILES string of the molecule is CCc1cccc(C)c1Nc1cc(N2CCN(c3ccccn3)CC2)ncn1. The highest BCUT2D eigenvalue weighted by Crippen LogP contribution is 2.26. The number of nitrogens with zero attached hydrogens (tertiary/aromatic N) is 5. The molecule has 0 spiro atoms. The number of rotatable bonds is 5. The number of aromatic nitrogens is 3. The third-order valence-electron chi connectivity index (χ3n) is 5.22.